The molecule has 0 fully saturated rings. The van der Waals surface area contributed by atoms with Crippen LogP contribution in [0.5, 0.6) is 17.2 Å². The number of aromatic nitrogens is 1. The number of carboxylic acid groups (broad SMARTS) is 1. The van der Waals surface area contributed by atoms with Crippen LogP contribution in [0.4, 0.5) is 13.2 Å². The van der Waals surface area contributed by atoms with Gasteiger partial charge in [-0.15, -0.1) is 13.2 Å². The Labute approximate surface area is 150 Å². The van der Waals surface area contributed by atoms with Crippen molar-refractivity contribution in [2.75, 3.05) is 6.79 Å². The number of halogens is 3. The maximum atomic E-state index is 12.5. The third kappa shape index (κ3) is 3.35. The van der Waals surface area contributed by atoms with Gasteiger partial charge in [0, 0.05) is 16.5 Å². The number of hydrogen-bond donors (Lipinski definition) is 2. The summed E-state index contributed by atoms with van der Waals surface area (Å²) < 4.78 is 52.0. The maximum absolute atomic E-state index is 12.5. The van der Waals surface area contributed by atoms with Gasteiger partial charge in [-0.3, -0.25) is 4.79 Å². The van der Waals surface area contributed by atoms with Gasteiger partial charge >= 0.3 is 12.3 Å². The molecule has 0 aliphatic carbocycles. The third-order valence-corrected chi connectivity index (χ3v) is 4.10. The van der Waals surface area contributed by atoms with Crippen molar-refractivity contribution >= 4 is 16.9 Å². The monoisotopic (exact) mass is 379 g/mol. The molecule has 0 saturated heterocycles. The number of aromatic amines is 1. The van der Waals surface area contributed by atoms with E-state index in [1.165, 1.54) is 18.2 Å². The van der Waals surface area contributed by atoms with Gasteiger partial charge in [0.1, 0.15) is 5.75 Å². The van der Waals surface area contributed by atoms with Crippen LogP contribution in [0.3, 0.4) is 0 Å². The zero-order valence-electron chi connectivity index (χ0n) is 13.6. The van der Waals surface area contributed by atoms with Crippen molar-refractivity contribution in [3.8, 4) is 28.5 Å². The Morgan fingerprint density at radius 3 is 2.67 bits per heavy atom. The average molecular weight is 379 g/mol. The molecule has 3 aromatic rings. The van der Waals surface area contributed by atoms with Crippen LogP contribution in [0, 0.1) is 0 Å². The molecule has 9 heteroatoms. The molecule has 140 valence electrons. The molecule has 1 aliphatic rings. The second-order valence-corrected chi connectivity index (χ2v) is 5.87. The average Bonchev–Trinajstić information content (AvgIpc) is 3.17. The third-order valence-electron chi connectivity index (χ3n) is 4.10. The Kier molecular flexibility index (Phi) is 3.87. The first kappa shape index (κ1) is 17.1. The van der Waals surface area contributed by atoms with Crippen LogP contribution in [0.2, 0.25) is 0 Å². The highest BCUT2D eigenvalue weighted by Gasteiger charge is 2.31. The van der Waals surface area contributed by atoms with Crippen LogP contribution in [-0.4, -0.2) is 29.2 Å². The number of nitrogens with one attached hydrogen (secondary N) is 1. The lowest BCUT2D eigenvalue weighted by Crippen LogP contribution is -2.17. The largest absolute Gasteiger partial charge is 0.573 e. The van der Waals surface area contributed by atoms with E-state index in [2.05, 4.69) is 9.72 Å². The van der Waals surface area contributed by atoms with Crippen LogP contribution >= 0.6 is 0 Å². The molecular weight excluding hydrogens is 367 g/mol. The zero-order valence-corrected chi connectivity index (χ0v) is 13.6. The first-order chi connectivity index (χ1) is 12.8. The zero-order chi connectivity index (χ0) is 19.2. The molecule has 0 unspecified atom stereocenters. The van der Waals surface area contributed by atoms with Crippen molar-refractivity contribution in [1.29, 1.82) is 0 Å². The van der Waals surface area contributed by atoms with E-state index in [9.17, 15) is 23.1 Å². The van der Waals surface area contributed by atoms with E-state index < -0.39 is 18.1 Å². The van der Waals surface area contributed by atoms with Gasteiger partial charge < -0.3 is 24.3 Å². The lowest BCUT2D eigenvalue weighted by atomic mass is 10.0. The molecule has 1 aromatic heterocycles. The van der Waals surface area contributed by atoms with Gasteiger partial charge in [0.15, 0.2) is 11.5 Å². The second kappa shape index (κ2) is 6.11. The first-order valence-electron chi connectivity index (χ1n) is 7.82. The summed E-state index contributed by atoms with van der Waals surface area (Å²) in [6, 6.07) is 8.85. The smallest absolute Gasteiger partial charge is 0.481 e. The van der Waals surface area contributed by atoms with Crippen molar-refractivity contribution in [2.45, 2.75) is 12.8 Å². The van der Waals surface area contributed by atoms with E-state index in [1.807, 2.05) is 0 Å². The number of benzene rings is 2. The fraction of sp³-hybridized carbons (Fsp3) is 0.167. The Bertz CT molecular complexity index is 1040. The quantitative estimate of drug-likeness (QED) is 0.714. The normalized spacial score (nSPS) is 13.1. The minimum Gasteiger partial charge on any atom is -0.481 e. The summed E-state index contributed by atoms with van der Waals surface area (Å²) in [6.07, 6.45) is -5.21. The summed E-state index contributed by atoms with van der Waals surface area (Å²) in [5.41, 5.74) is 1.96. The van der Waals surface area contributed by atoms with Crippen molar-refractivity contribution in [3.63, 3.8) is 0 Å². The SMILES string of the molecule is O=C(O)Cc1c(-c2ccc3c(c2)OCO3)[nH]c2ccc(OC(F)(F)F)cc12. The van der Waals surface area contributed by atoms with E-state index in [4.69, 9.17) is 9.47 Å². The van der Waals surface area contributed by atoms with Crippen molar-refractivity contribution in [1.82, 2.24) is 4.98 Å². The van der Waals surface area contributed by atoms with Gasteiger partial charge in [0.25, 0.3) is 0 Å². The van der Waals surface area contributed by atoms with Gasteiger partial charge in [-0.25, -0.2) is 0 Å². The van der Waals surface area contributed by atoms with Gasteiger partial charge in [-0.1, -0.05) is 0 Å². The molecule has 0 bridgehead atoms. The molecule has 0 radical (unpaired) electrons. The highest BCUT2D eigenvalue weighted by Crippen LogP contribution is 2.39. The molecule has 0 saturated carbocycles. The predicted molar refractivity (Wildman–Crippen MR) is 87.9 cm³/mol. The Balaban J connectivity index is 1.85. The minimum atomic E-state index is -4.84. The molecule has 2 N–H and O–H groups in total. The van der Waals surface area contributed by atoms with E-state index >= 15 is 0 Å². The van der Waals surface area contributed by atoms with Crippen molar-refractivity contribution < 1.29 is 37.3 Å². The number of H-pyrrole nitrogens is 1. The molecule has 2 heterocycles. The number of hydrogen-bond acceptors (Lipinski definition) is 4. The summed E-state index contributed by atoms with van der Waals surface area (Å²) >= 11 is 0. The van der Waals surface area contributed by atoms with E-state index in [-0.39, 0.29) is 13.2 Å². The predicted octanol–water partition coefficient (Wildman–Crippen LogP) is 4.09. The standard InChI is InChI=1S/C18H12F3NO5/c19-18(20,21)27-10-2-3-13-11(6-10)12(7-16(23)24)17(22-13)9-1-4-14-15(5-9)26-8-25-14/h1-6,22H,7-8H2,(H,23,24). The summed E-state index contributed by atoms with van der Waals surface area (Å²) in [5, 5.41) is 9.60. The molecule has 0 spiro atoms. The molecule has 0 amide bonds. The second-order valence-electron chi connectivity index (χ2n) is 5.87. The number of aliphatic carboxylic acids is 1. The maximum Gasteiger partial charge on any atom is 0.573 e. The summed E-state index contributed by atoms with van der Waals surface area (Å²) in [5.74, 6) is -0.457. The molecule has 2 aromatic carbocycles. The van der Waals surface area contributed by atoms with Gasteiger partial charge in [0.05, 0.1) is 12.1 Å². The number of rotatable bonds is 4. The highest BCUT2D eigenvalue weighted by atomic mass is 19.4. The lowest BCUT2D eigenvalue weighted by Gasteiger charge is -2.09. The van der Waals surface area contributed by atoms with Crippen LogP contribution < -0.4 is 14.2 Å². The fourth-order valence-corrected chi connectivity index (χ4v) is 3.06. The van der Waals surface area contributed by atoms with E-state index in [1.54, 1.807) is 18.2 Å². The number of carbonyl (C=O) groups is 1. The van der Waals surface area contributed by atoms with Crippen molar-refractivity contribution in [3.05, 3.63) is 42.0 Å². The van der Waals surface area contributed by atoms with Crippen LogP contribution in [0.1, 0.15) is 5.56 Å². The lowest BCUT2D eigenvalue weighted by molar-refractivity contribution is -0.274. The van der Waals surface area contributed by atoms with Gasteiger partial charge in [0.2, 0.25) is 6.79 Å². The number of fused-ring (bicyclic) bond motifs is 2. The Morgan fingerprint density at radius 1 is 1.15 bits per heavy atom. The molecule has 6 nitrogen and oxygen atoms in total. The van der Waals surface area contributed by atoms with Gasteiger partial charge in [-0.05, 0) is 42.0 Å². The number of ether oxygens (including phenoxy) is 3. The first-order valence-corrected chi connectivity index (χ1v) is 7.82. The van der Waals surface area contributed by atoms with Crippen LogP contribution in [0.25, 0.3) is 22.2 Å². The summed E-state index contributed by atoms with van der Waals surface area (Å²) in [6.45, 7) is 0.0889. The fourth-order valence-electron chi connectivity index (χ4n) is 3.06. The molecule has 27 heavy (non-hydrogen) atoms. The topological polar surface area (TPSA) is 80.8 Å². The van der Waals surface area contributed by atoms with Crippen LogP contribution in [0.15, 0.2) is 36.4 Å². The molecule has 4 rings (SSSR count). The Hall–Kier alpha value is -3.36. The van der Waals surface area contributed by atoms with Crippen LogP contribution in [-0.2, 0) is 11.2 Å². The summed E-state index contributed by atoms with van der Waals surface area (Å²) in [4.78, 5) is 14.4. The van der Waals surface area contributed by atoms with Crippen molar-refractivity contribution in [2.24, 2.45) is 0 Å². The summed E-state index contributed by atoms with van der Waals surface area (Å²) in [7, 11) is 0. The number of alkyl halides is 3. The van der Waals surface area contributed by atoms with Gasteiger partial charge in [-0.2, -0.15) is 0 Å². The Morgan fingerprint density at radius 2 is 1.93 bits per heavy atom. The molecule has 0 atom stereocenters. The molecule has 1 aliphatic heterocycles. The van der Waals surface area contributed by atoms with E-state index in [0.29, 0.717) is 39.2 Å². The minimum absolute atomic E-state index is 0.0889. The molecular formula is C18H12F3NO5. The highest BCUT2D eigenvalue weighted by molar-refractivity contribution is 5.95. The van der Waals surface area contributed by atoms with E-state index in [0.717, 1.165) is 0 Å². The number of carboxylic acids is 1.